The van der Waals surface area contributed by atoms with E-state index in [0.717, 1.165) is 12.6 Å². The summed E-state index contributed by atoms with van der Waals surface area (Å²) < 4.78 is 0.455. The first-order valence-electron chi connectivity index (χ1n) is 5.64. The molecule has 1 aromatic heterocycles. The molecule has 0 amide bonds. The molecule has 0 atom stereocenters. The van der Waals surface area contributed by atoms with Crippen LogP contribution >= 0.6 is 15.9 Å². The first kappa shape index (κ1) is 15.4. The Morgan fingerprint density at radius 1 is 1.63 bits per heavy atom. The minimum Gasteiger partial charge on any atom is -0.480 e. The molecule has 0 saturated carbocycles. The van der Waals surface area contributed by atoms with E-state index in [-0.39, 0.29) is 12.2 Å². The number of aromatic nitrogens is 1. The number of carboxylic acids is 1. The average molecular weight is 332 g/mol. The van der Waals surface area contributed by atoms with Crippen molar-refractivity contribution < 1.29 is 14.8 Å². The maximum Gasteiger partial charge on any atom is 0.323 e. The Morgan fingerprint density at radius 2 is 2.26 bits per heavy atom. The van der Waals surface area contributed by atoms with E-state index in [2.05, 4.69) is 20.9 Å². The minimum absolute atomic E-state index is 0.0950. The zero-order valence-corrected chi connectivity index (χ0v) is 12.2. The summed E-state index contributed by atoms with van der Waals surface area (Å²) >= 11 is 3.26. The fraction of sp³-hybridized carbons (Fsp3) is 0.455. The largest absolute Gasteiger partial charge is 0.480 e. The number of nitro groups is 1. The minimum atomic E-state index is -0.974. The van der Waals surface area contributed by atoms with Crippen molar-refractivity contribution >= 4 is 33.4 Å². The van der Waals surface area contributed by atoms with Crippen molar-refractivity contribution in [2.45, 2.75) is 20.3 Å². The Labute approximate surface area is 118 Å². The molecule has 1 heterocycles. The molecular formula is C11H14BrN3O4. The maximum atomic E-state index is 10.8. The lowest BCUT2D eigenvalue weighted by molar-refractivity contribution is -0.385. The van der Waals surface area contributed by atoms with Crippen LogP contribution in [0.25, 0.3) is 0 Å². The van der Waals surface area contributed by atoms with Crippen LogP contribution in [0.2, 0.25) is 0 Å². The van der Waals surface area contributed by atoms with Crippen LogP contribution in [0.4, 0.5) is 11.5 Å². The molecule has 7 nitrogen and oxygen atoms in total. The van der Waals surface area contributed by atoms with Gasteiger partial charge in [0.25, 0.3) is 5.69 Å². The van der Waals surface area contributed by atoms with Gasteiger partial charge in [-0.3, -0.25) is 14.9 Å². The zero-order chi connectivity index (χ0) is 14.6. The summed E-state index contributed by atoms with van der Waals surface area (Å²) in [4.78, 5) is 26.7. The van der Waals surface area contributed by atoms with E-state index < -0.39 is 10.9 Å². The SMILES string of the molecule is CCCN(CC(=O)O)c1ncc([N+](=O)[O-])c(C)c1Br. The van der Waals surface area contributed by atoms with Gasteiger partial charge in [0, 0.05) is 12.1 Å². The highest BCUT2D eigenvalue weighted by molar-refractivity contribution is 9.10. The lowest BCUT2D eigenvalue weighted by Crippen LogP contribution is -2.31. The third-order valence-electron chi connectivity index (χ3n) is 2.53. The topological polar surface area (TPSA) is 96.6 Å². The van der Waals surface area contributed by atoms with Crippen LogP contribution in [0.15, 0.2) is 10.7 Å². The van der Waals surface area contributed by atoms with E-state index >= 15 is 0 Å². The zero-order valence-electron chi connectivity index (χ0n) is 10.6. The van der Waals surface area contributed by atoms with E-state index in [1.165, 1.54) is 0 Å². The molecule has 0 spiro atoms. The summed E-state index contributed by atoms with van der Waals surface area (Å²) in [5.41, 5.74) is 0.337. The van der Waals surface area contributed by atoms with E-state index in [1.54, 1.807) is 11.8 Å². The Balaban J connectivity index is 3.21. The van der Waals surface area contributed by atoms with Crippen molar-refractivity contribution in [3.05, 3.63) is 26.3 Å². The molecule has 0 bridgehead atoms. The average Bonchev–Trinajstić information content (AvgIpc) is 2.31. The number of halogens is 1. The number of hydrogen-bond acceptors (Lipinski definition) is 5. The van der Waals surface area contributed by atoms with Crippen LogP contribution in [0.5, 0.6) is 0 Å². The van der Waals surface area contributed by atoms with Gasteiger partial charge >= 0.3 is 5.97 Å². The van der Waals surface area contributed by atoms with Crippen molar-refractivity contribution in [1.29, 1.82) is 0 Å². The first-order valence-corrected chi connectivity index (χ1v) is 6.44. The summed E-state index contributed by atoms with van der Waals surface area (Å²) in [7, 11) is 0. The van der Waals surface area contributed by atoms with E-state index in [1.807, 2.05) is 6.92 Å². The highest BCUT2D eigenvalue weighted by Gasteiger charge is 2.21. The van der Waals surface area contributed by atoms with Crippen molar-refractivity contribution in [2.24, 2.45) is 0 Å². The molecule has 0 fully saturated rings. The molecule has 1 aromatic rings. The number of carboxylic acid groups (broad SMARTS) is 1. The van der Waals surface area contributed by atoms with Crippen LogP contribution in [-0.2, 0) is 4.79 Å². The summed E-state index contributed by atoms with van der Waals surface area (Å²) in [5, 5.41) is 19.7. The van der Waals surface area contributed by atoms with Gasteiger partial charge in [0.2, 0.25) is 0 Å². The fourth-order valence-corrected chi connectivity index (χ4v) is 2.21. The number of nitrogens with zero attached hydrogens (tertiary/aromatic N) is 3. The summed E-state index contributed by atoms with van der Waals surface area (Å²) in [6.07, 6.45) is 1.90. The maximum absolute atomic E-state index is 10.8. The Kier molecular flexibility index (Phi) is 5.22. The van der Waals surface area contributed by atoms with Gasteiger partial charge in [-0.25, -0.2) is 4.98 Å². The van der Waals surface area contributed by atoms with Gasteiger partial charge in [-0.05, 0) is 29.3 Å². The van der Waals surface area contributed by atoms with Gasteiger partial charge < -0.3 is 10.0 Å². The number of rotatable bonds is 6. The van der Waals surface area contributed by atoms with Crippen LogP contribution < -0.4 is 4.90 Å². The lowest BCUT2D eigenvalue weighted by Gasteiger charge is -2.22. The molecule has 0 aromatic carbocycles. The molecule has 0 aliphatic heterocycles. The van der Waals surface area contributed by atoms with Gasteiger partial charge in [0.1, 0.15) is 18.6 Å². The smallest absolute Gasteiger partial charge is 0.323 e. The number of anilines is 1. The molecule has 8 heteroatoms. The van der Waals surface area contributed by atoms with Crippen LogP contribution in [0.1, 0.15) is 18.9 Å². The van der Waals surface area contributed by atoms with Gasteiger partial charge in [-0.2, -0.15) is 0 Å². The third-order valence-corrected chi connectivity index (χ3v) is 3.48. The molecule has 0 aliphatic rings. The molecule has 1 rings (SSSR count). The van der Waals surface area contributed by atoms with Gasteiger partial charge in [0.15, 0.2) is 0 Å². The molecule has 0 aliphatic carbocycles. The normalized spacial score (nSPS) is 10.3. The van der Waals surface area contributed by atoms with Gasteiger partial charge in [-0.15, -0.1) is 0 Å². The Hall–Kier alpha value is -1.70. The second kappa shape index (κ2) is 6.46. The van der Waals surface area contributed by atoms with Crippen LogP contribution in [0, 0.1) is 17.0 Å². The van der Waals surface area contributed by atoms with Crippen LogP contribution in [0.3, 0.4) is 0 Å². The molecule has 0 radical (unpaired) electrons. The van der Waals surface area contributed by atoms with Crippen molar-refractivity contribution in [1.82, 2.24) is 4.98 Å². The van der Waals surface area contributed by atoms with E-state index in [9.17, 15) is 14.9 Å². The predicted molar refractivity (Wildman–Crippen MR) is 73.5 cm³/mol. The summed E-state index contributed by atoms with van der Waals surface area (Å²) in [5.74, 6) is -0.564. The highest BCUT2D eigenvalue weighted by atomic mass is 79.9. The lowest BCUT2D eigenvalue weighted by atomic mass is 10.2. The Bertz CT molecular complexity index is 507. The molecule has 104 valence electrons. The number of pyridine rings is 1. The van der Waals surface area contributed by atoms with E-state index in [0.29, 0.717) is 22.4 Å². The molecule has 1 N–H and O–H groups in total. The first-order chi connectivity index (χ1) is 8.88. The molecular weight excluding hydrogens is 318 g/mol. The summed E-state index contributed by atoms with van der Waals surface area (Å²) in [6, 6.07) is 0. The Morgan fingerprint density at radius 3 is 2.74 bits per heavy atom. The van der Waals surface area contributed by atoms with Crippen molar-refractivity contribution in [3.63, 3.8) is 0 Å². The number of aliphatic carboxylic acids is 1. The van der Waals surface area contributed by atoms with E-state index in [4.69, 9.17) is 5.11 Å². The van der Waals surface area contributed by atoms with Gasteiger partial charge in [-0.1, -0.05) is 6.92 Å². The quantitative estimate of drug-likeness (QED) is 0.634. The van der Waals surface area contributed by atoms with Crippen molar-refractivity contribution in [3.8, 4) is 0 Å². The van der Waals surface area contributed by atoms with Crippen LogP contribution in [-0.4, -0.2) is 34.1 Å². The van der Waals surface area contributed by atoms with Gasteiger partial charge in [0.05, 0.1) is 9.40 Å². The number of hydrogen-bond donors (Lipinski definition) is 1. The van der Waals surface area contributed by atoms with Crippen molar-refractivity contribution in [2.75, 3.05) is 18.0 Å². The molecule has 0 unspecified atom stereocenters. The monoisotopic (exact) mass is 331 g/mol. The molecule has 19 heavy (non-hydrogen) atoms. The highest BCUT2D eigenvalue weighted by Crippen LogP contribution is 2.32. The number of carbonyl (C=O) groups is 1. The third kappa shape index (κ3) is 3.63. The predicted octanol–water partition coefficient (Wildman–Crippen LogP) is 2.36. The second-order valence-corrected chi connectivity index (χ2v) is 4.77. The standard InChI is InChI=1S/C11H14BrN3O4/c1-3-4-14(6-9(16)17)11-10(12)7(2)8(5-13-11)15(18)19/h5H,3-4,6H2,1-2H3,(H,16,17). The summed E-state index contributed by atoms with van der Waals surface area (Å²) in [6.45, 7) is 3.82. The fourth-order valence-electron chi connectivity index (χ4n) is 1.65. The molecule has 0 saturated heterocycles. The second-order valence-electron chi connectivity index (χ2n) is 3.98.